The van der Waals surface area contributed by atoms with E-state index in [2.05, 4.69) is 0 Å². The first-order valence-electron chi connectivity index (χ1n) is 4.78. The maximum atomic E-state index is 13.1. The van der Waals surface area contributed by atoms with Crippen molar-refractivity contribution in [3.63, 3.8) is 0 Å². The van der Waals surface area contributed by atoms with Gasteiger partial charge >= 0.3 is 0 Å². The van der Waals surface area contributed by atoms with Crippen LogP contribution in [0.2, 0.25) is 0 Å². The average Bonchev–Trinajstić information content (AvgIpc) is 2.38. The van der Waals surface area contributed by atoms with Crippen molar-refractivity contribution < 1.29 is 22.0 Å². The molecule has 94 valence electrons. The van der Waals surface area contributed by atoms with Crippen molar-refractivity contribution in [3.05, 3.63) is 0 Å². The Labute approximate surface area is 92.9 Å². The Kier molecular flexibility index (Phi) is 3.53. The average molecular weight is 256 g/mol. The van der Waals surface area contributed by atoms with Gasteiger partial charge in [0.1, 0.15) is 0 Å². The van der Waals surface area contributed by atoms with Crippen molar-refractivity contribution in [2.75, 3.05) is 19.3 Å². The van der Waals surface area contributed by atoms with Crippen LogP contribution in [-0.4, -0.2) is 50.5 Å². The molecule has 1 fully saturated rings. The van der Waals surface area contributed by atoms with E-state index in [0.717, 1.165) is 6.26 Å². The molecule has 1 unspecified atom stereocenters. The van der Waals surface area contributed by atoms with Crippen LogP contribution in [0, 0.1) is 0 Å². The molecule has 0 aromatic rings. The lowest BCUT2D eigenvalue weighted by molar-refractivity contribution is -0.123. The smallest absolute Gasteiger partial charge is 0.262 e. The summed E-state index contributed by atoms with van der Waals surface area (Å²) in [7, 11) is -3.70. The third kappa shape index (κ3) is 3.38. The van der Waals surface area contributed by atoms with Crippen molar-refractivity contribution >= 4 is 15.9 Å². The minimum absolute atomic E-state index is 0.275. The van der Waals surface area contributed by atoms with E-state index in [0.29, 0.717) is 0 Å². The fourth-order valence-corrected chi connectivity index (χ4v) is 2.23. The highest BCUT2D eigenvalue weighted by Crippen LogP contribution is 2.31. The number of likely N-dealkylation sites (N-methyl/N-ethyl adjacent to an activating group) is 1. The van der Waals surface area contributed by atoms with Crippen LogP contribution in [0.15, 0.2) is 0 Å². The van der Waals surface area contributed by atoms with Crippen LogP contribution in [0.1, 0.15) is 13.3 Å². The quantitative estimate of drug-likeness (QED) is 0.759. The molecule has 0 radical (unpaired) electrons. The third-order valence-corrected chi connectivity index (χ3v) is 2.93. The van der Waals surface area contributed by atoms with Gasteiger partial charge in [0, 0.05) is 6.42 Å². The molecule has 1 heterocycles. The van der Waals surface area contributed by atoms with Crippen molar-refractivity contribution in [1.29, 1.82) is 0 Å². The van der Waals surface area contributed by atoms with E-state index in [1.165, 1.54) is 4.90 Å². The SMILES string of the molecule is CCN1CC(F)(F)CC1C(=O)NS(C)(=O)=O. The number of halogens is 2. The van der Waals surface area contributed by atoms with Crippen molar-refractivity contribution in [2.45, 2.75) is 25.3 Å². The molecule has 1 aliphatic rings. The van der Waals surface area contributed by atoms with Crippen LogP contribution >= 0.6 is 0 Å². The molecule has 0 spiro atoms. The van der Waals surface area contributed by atoms with Gasteiger partial charge in [-0.25, -0.2) is 17.2 Å². The number of nitrogens with zero attached hydrogens (tertiary/aromatic N) is 1. The molecule has 1 N–H and O–H groups in total. The Balaban J connectivity index is 2.76. The number of nitrogens with one attached hydrogen (secondary N) is 1. The van der Waals surface area contributed by atoms with Crippen molar-refractivity contribution in [3.8, 4) is 0 Å². The Morgan fingerprint density at radius 3 is 2.56 bits per heavy atom. The van der Waals surface area contributed by atoms with Crippen molar-refractivity contribution in [1.82, 2.24) is 9.62 Å². The van der Waals surface area contributed by atoms with E-state index in [9.17, 15) is 22.0 Å². The third-order valence-electron chi connectivity index (χ3n) is 2.36. The first kappa shape index (κ1) is 13.3. The molecule has 5 nitrogen and oxygen atoms in total. The molecule has 1 atom stereocenters. The zero-order valence-corrected chi connectivity index (χ0v) is 9.85. The summed E-state index contributed by atoms with van der Waals surface area (Å²) in [5.41, 5.74) is 0. The number of hydrogen-bond acceptors (Lipinski definition) is 4. The Hall–Kier alpha value is -0.760. The van der Waals surface area contributed by atoms with E-state index < -0.39 is 40.9 Å². The number of carbonyl (C=O) groups is 1. The first-order valence-corrected chi connectivity index (χ1v) is 6.67. The predicted octanol–water partition coefficient (Wildman–Crippen LogP) is -0.208. The maximum absolute atomic E-state index is 13.1. The number of amides is 1. The second-order valence-electron chi connectivity index (χ2n) is 3.88. The van der Waals surface area contributed by atoms with Crippen LogP contribution in [0.5, 0.6) is 0 Å². The number of sulfonamides is 1. The second-order valence-corrected chi connectivity index (χ2v) is 5.63. The molecule has 16 heavy (non-hydrogen) atoms. The Morgan fingerprint density at radius 2 is 2.12 bits per heavy atom. The summed E-state index contributed by atoms with van der Waals surface area (Å²) in [5.74, 6) is -3.82. The summed E-state index contributed by atoms with van der Waals surface area (Å²) in [6.07, 6.45) is 0.177. The Morgan fingerprint density at radius 1 is 1.56 bits per heavy atom. The molecule has 0 bridgehead atoms. The van der Waals surface area contributed by atoms with Gasteiger partial charge in [-0.1, -0.05) is 6.92 Å². The number of carbonyl (C=O) groups excluding carboxylic acids is 1. The summed E-state index contributed by atoms with van der Waals surface area (Å²) >= 11 is 0. The lowest BCUT2D eigenvalue weighted by Gasteiger charge is -2.20. The highest BCUT2D eigenvalue weighted by Gasteiger charge is 2.47. The topological polar surface area (TPSA) is 66.5 Å². The molecule has 0 aromatic heterocycles. The summed E-state index contributed by atoms with van der Waals surface area (Å²) in [4.78, 5) is 12.7. The largest absolute Gasteiger partial charge is 0.286 e. The minimum Gasteiger partial charge on any atom is -0.286 e. The number of likely N-dealkylation sites (tertiary alicyclic amines) is 1. The highest BCUT2D eigenvalue weighted by molar-refractivity contribution is 7.89. The molecule has 0 saturated carbocycles. The van der Waals surface area contributed by atoms with Gasteiger partial charge in [0.05, 0.1) is 18.8 Å². The molecule has 0 aromatic carbocycles. The molecular formula is C8H14F2N2O3S. The van der Waals surface area contributed by atoms with Crippen LogP contribution in [0.4, 0.5) is 8.78 Å². The Bertz CT molecular complexity index is 383. The van der Waals surface area contributed by atoms with Crippen molar-refractivity contribution in [2.24, 2.45) is 0 Å². The molecular weight excluding hydrogens is 242 g/mol. The molecule has 1 amide bonds. The first-order chi connectivity index (χ1) is 7.14. The lowest BCUT2D eigenvalue weighted by atomic mass is 10.2. The molecule has 1 rings (SSSR count). The predicted molar refractivity (Wildman–Crippen MR) is 53.6 cm³/mol. The number of hydrogen-bond donors (Lipinski definition) is 1. The molecule has 0 aliphatic carbocycles. The fraction of sp³-hybridized carbons (Fsp3) is 0.875. The van der Waals surface area contributed by atoms with Gasteiger partial charge in [-0.05, 0) is 6.54 Å². The van der Waals surface area contributed by atoms with Crippen LogP contribution in [0.3, 0.4) is 0 Å². The standard InChI is InChI=1S/C8H14F2N2O3S/c1-3-12-5-8(9,10)4-6(12)7(13)11-16(2,14)15/h6H,3-5H2,1-2H3,(H,11,13). The van der Waals surface area contributed by atoms with E-state index in [-0.39, 0.29) is 6.54 Å². The van der Waals surface area contributed by atoms with E-state index >= 15 is 0 Å². The van der Waals surface area contributed by atoms with Crippen LogP contribution in [-0.2, 0) is 14.8 Å². The van der Waals surface area contributed by atoms with Crippen LogP contribution in [0.25, 0.3) is 0 Å². The normalized spacial score (nSPS) is 25.6. The van der Waals surface area contributed by atoms with Gasteiger partial charge in [0.15, 0.2) is 0 Å². The van der Waals surface area contributed by atoms with Crippen LogP contribution < -0.4 is 4.72 Å². The summed E-state index contributed by atoms with van der Waals surface area (Å²) in [6.45, 7) is 1.41. The van der Waals surface area contributed by atoms with Gasteiger partial charge in [-0.2, -0.15) is 0 Å². The molecule has 1 saturated heterocycles. The van der Waals surface area contributed by atoms with E-state index in [4.69, 9.17) is 0 Å². The maximum Gasteiger partial charge on any atom is 0.262 e. The van der Waals surface area contributed by atoms with Gasteiger partial charge in [0.2, 0.25) is 10.0 Å². The minimum atomic E-state index is -3.70. The zero-order valence-electron chi connectivity index (χ0n) is 9.03. The zero-order chi connectivity index (χ0) is 12.6. The molecule has 8 heteroatoms. The summed E-state index contributed by atoms with van der Waals surface area (Å²) < 4.78 is 49.5. The highest BCUT2D eigenvalue weighted by atomic mass is 32.2. The fourth-order valence-electron chi connectivity index (χ4n) is 1.73. The summed E-state index contributed by atoms with van der Waals surface area (Å²) in [5, 5.41) is 0. The second kappa shape index (κ2) is 4.25. The monoisotopic (exact) mass is 256 g/mol. The number of rotatable bonds is 3. The van der Waals surface area contributed by atoms with E-state index in [1.54, 1.807) is 11.6 Å². The number of alkyl halides is 2. The van der Waals surface area contributed by atoms with Gasteiger partial charge < -0.3 is 0 Å². The van der Waals surface area contributed by atoms with E-state index in [1.807, 2.05) is 0 Å². The van der Waals surface area contributed by atoms with Gasteiger partial charge in [-0.15, -0.1) is 0 Å². The lowest BCUT2D eigenvalue weighted by Crippen LogP contribution is -2.44. The van der Waals surface area contributed by atoms with Gasteiger partial charge in [-0.3, -0.25) is 14.4 Å². The molecule has 1 aliphatic heterocycles. The summed E-state index contributed by atoms with van der Waals surface area (Å²) in [6, 6.07) is -1.07. The van der Waals surface area contributed by atoms with Gasteiger partial charge in [0.25, 0.3) is 11.8 Å².